The zero-order valence-corrected chi connectivity index (χ0v) is 22.0. The van der Waals surface area contributed by atoms with Gasteiger partial charge in [-0.1, -0.05) is 58.9 Å². The summed E-state index contributed by atoms with van der Waals surface area (Å²) >= 11 is 0. The number of carbonyl (C=O) groups is 2. The fraction of sp³-hybridized carbons (Fsp3) is 0.724. The molecule has 34 heavy (non-hydrogen) atoms. The average Bonchev–Trinajstić information content (AvgIpc) is 3.20. The van der Waals surface area contributed by atoms with Crippen LogP contribution in [-0.2, 0) is 15.0 Å². The first-order valence-electron chi connectivity index (χ1n) is 13.5. The highest BCUT2D eigenvalue weighted by atomic mass is 16.2. The fourth-order valence-corrected chi connectivity index (χ4v) is 6.39. The minimum Gasteiger partial charge on any atom is -0.347 e. The summed E-state index contributed by atoms with van der Waals surface area (Å²) in [5, 5.41) is 3.38. The molecule has 0 bridgehead atoms. The molecule has 5 heteroatoms. The van der Waals surface area contributed by atoms with Crippen LogP contribution in [0.5, 0.6) is 0 Å². The Morgan fingerprint density at radius 1 is 1.15 bits per heavy atom. The van der Waals surface area contributed by atoms with Gasteiger partial charge in [-0.2, -0.15) is 0 Å². The number of nitrogens with one attached hydrogen (secondary N) is 1. The van der Waals surface area contributed by atoms with Crippen molar-refractivity contribution in [1.29, 1.82) is 0 Å². The number of benzene rings is 1. The Bertz CT molecular complexity index is 886. The first kappa shape index (κ1) is 25.2. The second-order valence-electron chi connectivity index (χ2n) is 12.5. The molecule has 1 aromatic rings. The minimum absolute atomic E-state index is 0. The van der Waals surface area contributed by atoms with Crippen LogP contribution in [0.3, 0.4) is 0 Å². The smallest absolute Gasteiger partial charge is 0.243 e. The summed E-state index contributed by atoms with van der Waals surface area (Å²) in [5.74, 6) is 0.234. The summed E-state index contributed by atoms with van der Waals surface area (Å²) in [4.78, 5) is 30.3. The molecule has 2 heterocycles. The molecule has 1 N–H and O–H groups in total. The van der Waals surface area contributed by atoms with Crippen LogP contribution >= 0.6 is 0 Å². The van der Waals surface area contributed by atoms with Gasteiger partial charge in [0.2, 0.25) is 11.8 Å². The van der Waals surface area contributed by atoms with Gasteiger partial charge in [-0.15, -0.1) is 0 Å². The van der Waals surface area contributed by atoms with Crippen LogP contribution in [-0.4, -0.2) is 53.8 Å². The van der Waals surface area contributed by atoms with Gasteiger partial charge in [0, 0.05) is 14.4 Å². The van der Waals surface area contributed by atoms with E-state index < -0.39 is 0 Å². The Labute approximate surface area is 208 Å². The summed E-state index contributed by atoms with van der Waals surface area (Å²) in [5.41, 5.74) is 3.35. The van der Waals surface area contributed by atoms with Gasteiger partial charge < -0.3 is 15.1 Å². The average molecular weight is 470 g/mol. The normalized spacial score (nSPS) is 23.9. The van der Waals surface area contributed by atoms with E-state index in [1.807, 2.05) is 18.7 Å². The van der Waals surface area contributed by atoms with Crippen LogP contribution < -0.4 is 5.32 Å². The molecule has 2 aliphatic heterocycles. The molecule has 5 nitrogen and oxygen atoms in total. The fourth-order valence-electron chi connectivity index (χ4n) is 6.39. The van der Waals surface area contributed by atoms with Gasteiger partial charge in [0.05, 0.1) is 6.04 Å². The van der Waals surface area contributed by atoms with Crippen LogP contribution in [0.1, 0.15) is 98.2 Å². The summed E-state index contributed by atoms with van der Waals surface area (Å²) < 4.78 is 0. The highest BCUT2D eigenvalue weighted by Crippen LogP contribution is 2.48. The molecule has 2 amide bonds. The highest BCUT2D eigenvalue weighted by Gasteiger charge is 2.43. The molecule has 3 aliphatic rings. The molecule has 4 rings (SSSR count). The van der Waals surface area contributed by atoms with Crippen LogP contribution in [0.15, 0.2) is 24.3 Å². The monoisotopic (exact) mass is 469 g/mol. The van der Waals surface area contributed by atoms with Crippen molar-refractivity contribution in [3.63, 3.8) is 0 Å². The second-order valence-corrected chi connectivity index (χ2v) is 12.5. The first-order chi connectivity index (χ1) is 16.1. The van der Waals surface area contributed by atoms with E-state index in [2.05, 4.69) is 55.3 Å². The predicted molar refractivity (Wildman–Crippen MR) is 140 cm³/mol. The zero-order chi connectivity index (χ0) is 24.5. The Kier molecular flexibility index (Phi) is 7.42. The molecule has 1 aromatic carbocycles. The van der Waals surface area contributed by atoms with E-state index in [1.165, 1.54) is 36.9 Å². The standard InChI is InChI=1S/C29H45N3O2.H2/c1-21(2)26(32-17-8-11-25(32)33)27(34)30-24-12-13-29(23-10-7-6-9-22(23)24)15-19-31(20-16-29)18-14-28(3,4)5;/h6-7,9-10,21,24,26H,8,11-20H2,1-5H3,(H,30,34);1H/t24-,26+;/m1./s1. The number of amides is 2. The Balaban J connectivity index is 0.00000342. The molecule has 1 aliphatic carbocycles. The number of hydrogen-bond donors (Lipinski definition) is 1. The molecule has 0 radical (unpaired) electrons. The van der Waals surface area contributed by atoms with Crippen molar-refractivity contribution in [3.8, 4) is 0 Å². The molecular formula is C29H47N3O2. The molecule has 0 saturated carbocycles. The molecule has 2 fully saturated rings. The van der Waals surface area contributed by atoms with Gasteiger partial charge in [-0.25, -0.2) is 0 Å². The topological polar surface area (TPSA) is 52.7 Å². The Morgan fingerprint density at radius 3 is 2.47 bits per heavy atom. The number of nitrogens with zero attached hydrogens (tertiary/aromatic N) is 2. The lowest BCUT2D eigenvalue weighted by atomic mass is 9.63. The van der Waals surface area contributed by atoms with Crippen molar-refractivity contribution in [2.24, 2.45) is 11.3 Å². The summed E-state index contributed by atoms with van der Waals surface area (Å²) in [6.45, 7) is 15.3. The third kappa shape index (κ3) is 5.35. The maximum Gasteiger partial charge on any atom is 0.243 e. The van der Waals surface area contributed by atoms with E-state index in [1.54, 1.807) is 0 Å². The molecular weight excluding hydrogens is 422 g/mol. The maximum absolute atomic E-state index is 13.4. The lowest BCUT2D eigenvalue weighted by Crippen LogP contribution is -2.52. The number of likely N-dealkylation sites (tertiary alicyclic amines) is 2. The molecule has 1 spiro atoms. The number of fused-ring (bicyclic) bond motifs is 2. The summed E-state index contributed by atoms with van der Waals surface area (Å²) in [6, 6.07) is 8.47. The quantitative estimate of drug-likeness (QED) is 0.615. The van der Waals surface area contributed by atoms with E-state index in [-0.39, 0.29) is 36.7 Å². The largest absolute Gasteiger partial charge is 0.347 e. The molecule has 2 saturated heterocycles. The number of piperidine rings is 1. The van der Waals surface area contributed by atoms with Gasteiger partial charge >= 0.3 is 0 Å². The van der Waals surface area contributed by atoms with Crippen molar-refractivity contribution in [2.45, 2.75) is 97.1 Å². The molecule has 0 aromatic heterocycles. The van der Waals surface area contributed by atoms with E-state index in [9.17, 15) is 9.59 Å². The van der Waals surface area contributed by atoms with Gasteiger partial charge in [0.15, 0.2) is 0 Å². The van der Waals surface area contributed by atoms with Gasteiger partial charge in [0.25, 0.3) is 0 Å². The van der Waals surface area contributed by atoms with Gasteiger partial charge in [0.1, 0.15) is 6.04 Å². The van der Waals surface area contributed by atoms with Crippen LogP contribution in [0.25, 0.3) is 0 Å². The lowest BCUT2D eigenvalue weighted by Gasteiger charge is -2.47. The van der Waals surface area contributed by atoms with Crippen molar-refractivity contribution in [1.82, 2.24) is 15.1 Å². The van der Waals surface area contributed by atoms with Gasteiger partial charge in [-0.05, 0) is 86.0 Å². The molecule has 0 unspecified atom stereocenters. The SMILES string of the molecule is CC(C)[C@@H](C(=O)N[C@@H]1CCC2(CCN(CCC(C)(C)C)CC2)c2ccccc21)N1CCCC1=O.[HH]. The lowest BCUT2D eigenvalue weighted by molar-refractivity contribution is -0.139. The van der Waals surface area contributed by atoms with Crippen LogP contribution in [0.2, 0.25) is 0 Å². The van der Waals surface area contributed by atoms with Crippen molar-refractivity contribution in [2.75, 3.05) is 26.2 Å². The Morgan fingerprint density at radius 2 is 1.85 bits per heavy atom. The predicted octanol–water partition coefficient (Wildman–Crippen LogP) is 5.30. The first-order valence-corrected chi connectivity index (χ1v) is 13.5. The van der Waals surface area contributed by atoms with E-state index in [4.69, 9.17) is 0 Å². The van der Waals surface area contributed by atoms with Crippen molar-refractivity contribution in [3.05, 3.63) is 35.4 Å². The minimum atomic E-state index is -0.371. The molecule has 2 atom stereocenters. The summed E-state index contributed by atoms with van der Waals surface area (Å²) in [6.07, 6.45) is 7.16. The summed E-state index contributed by atoms with van der Waals surface area (Å²) in [7, 11) is 0. The van der Waals surface area contributed by atoms with E-state index in [0.29, 0.717) is 18.4 Å². The van der Waals surface area contributed by atoms with Crippen molar-refractivity contribution < 1.29 is 11.0 Å². The van der Waals surface area contributed by atoms with Crippen LogP contribution in [0.4, 0.5) is 0 Å². The highest BCUT2D eigenvalue weighted by molar-refractivity contribution is 5.89. The third-order valence-corrected chi connectivity index (χ3v) is 8.47. The number of rotatable bonds is 6. The van der Waals surface area contributed by atoms with E-state index in [0.717, 1.165) is 32.4 Å². The molecule has 190 valence electrons. The third-order valence-electron chi connectivity index (χ3n) is 8.47. The number of hydrogen-bond acceptors (Lipinski definition) is 3. The zero-order valence-electron chi connectivity index (χ0n) is 22.0. The maximum atomic E-state index is 13.4. The van der Waals surface area contributed by atoms with Crippen LogP contribution in [0, 0.1) is 11.3 Å². The number of carbonyl (C=O) groups excluding carboxylic acids is 2. The Hall–Kier alpha value is -1.88. The van der Waals surface area contributed by atoms with Crippen molar-refractivity contribution >= 4 is 11.8 Å². The van der Waals surface area contributed by atoms with Gasteiger partial charge in [-0.3, -0.25) is 9.59 Å². The van der Waals surface area contributed by atoms with E-state index >= 15 is 0 Å². The second kappa shape index (κ2) is 10.0.